The molecule has 1 aliphatic carbocycles. The molecule has 17 heavy (non-hydrogen) atoms. The summed E-state index contributed by atoms with van der Waals surface area (Å²) in [6.45, 7) is 6.79. The summed E-state index contributed by atoms with van der Waals surface area (Å²) in [6, 6.07) is 1.16. The molecule has 100 valence electrons. The highest BCUT2D eigenvalue weighted by Gasteiger charge is 2.33. The molecule has 2 aliphatic rings. The minimum atomic E-state index is 0.123. The van der Waals surface area contributed by atoms with E-state index >= 15 is 0 Å². The summed E-state index contributed by atoms with van der Waals surface area (Å²) >= 11 is 0. The molecule has 0 radical (unpaired) electrons. The van der Waals surface area contributed by atoms with Gasteiger partial charge in [-0.2, -0.15) is 0 Å². The summed E-state index contributed by atoms with van der Waals surface area (Å²) in [7, 11) is 0. The third-order valence-electron chi connectivity index (χ3n) is 4.18. The first kappa shape index (κ1) is 13.3. The molecule has 0 spiro atoms. The van der Waals surface area contributed by atoms with E-state index in [1.807, 2.05) is 0 Å². The molecule has 1 saturated heterocycles. The van der Waals surface area contributed by atoms with Crippen molar-refractivity contribution in [3.05, 3.63) is 0 Å². The van der Waals surface area contributed by atoms with E-state index < -0.39 is 0 Å². The number of piperazine rings is 1. The van der Waals surface area contributed by atoms with Crippen molar-refractivity contribution in [1.82, 2.24) is 9.80 Å². The Bertz CT molecular complexity index is 225. The van der Waals surface area contributed by atoms with Crippen molar-refractivity contribution in [2.45, 2.75) is 50.7 Å². The smallest absolute Gasteiger partial charge is 0.0601 e. The van der Waals surface area contributed by atoms with Crippen molar-refractivity contribution in [3.8, 4) is 0 Å². The topological polar surface area (TPSA) is 52.7 Å². The Morgan fingerprint density at radius 3 is 2.35 bits per heavy atom. The number of nitrogens with two attached hydrogens (primary N) is 1. The lowest BCUT2D eigenvalue weighted by Crippen LogP contribution is -2.57. The standard InChI is InChI=1S/C13H27N3O/c1-2-3-12(14)13(10-17)16-8-6-15(7-9-16)11-4-5-11/h11-13,17H,2-10,14H2,1H3. The van der Waals surface area contributed by atoms with Gasteiger partial charge in [0.2, 0.25) is 0 Å². The summed E-state index contributed by atoms with van der Waals surface area (Å²) in [4.78, 5) is 4.98. The second-order valence-corrected chi connectivity index (χ2v) is 5.51. The lowest BCUT2D eigenvalue weighted by molar-refractivity contribution is 0.0493. The average Bonchev–Trinajstić information content (AvgIpc) is 3.15. The Labute approximate surface area is 105 Å². The molecule has 2 unspecified atom stereocenters. The first-order valence-electron chi connectivity index (χ1n) is 7.10. The van der Waals surface area contributed by atoms with E-state index in [1.54, 1.807) is 0 Å². The lowest BCUT2D eigenvalue weighted by Gasteiger charge is -2.40. The van der Waals surface area contributed by atoms with Crippen LogP contribution in [-0.2, 0) is 0 Å². The van der Waals surface area contributed by atoms with Crippen molar-refractivity contribution < 1.29 is 5.11 Å². The van der Waals surface area contributed by atoms with Gasteiger partial charge in [0, 0.05) is 44.3 Å². The molecule has 1 aliphatic heterocycles. The molecule has 2 atom stereocenters. The molecule has 0 bridgehead atoms. The first-order valence-corrected chi connectivity index (χ1v) is 7.10. The van der Waals surface area contributed by atoms with Gasteiger partial charge < -0.3 is 10.8 Å². The van der Waals surface area contributed by atoms with Gasteiger partial charge in [-0.05, 0) is 19.3 Å². The Balaban J connectivity index is 1.80. The summed E-state index contributed by atoms with van der Waals surface area (Å²) in [5, 5.41) is 9.53. The number of hydrogen-bond acceptors (Lipinski definition) is 4. The van der Waals surface area contributed by atoms with Gasteiger partial charge in [-0.15, -0.1) is 0 Å². The van der Waals surface area contributed by atoms with Crippen LogP contribution in [0, 0.1) is 0 Å². The maximum Gasteiger partial charge on any atom is 0.0601 e. The van der Waals surface area contributed by atoms with Gasteiger partial charge in [0.15, 0.2) is 0 Å². The molecule has 0 aromatic rings. The maximum absolute atomic E-state index is 9.53. The molecular weight excluding hydrogens is 214 g/mol. The fourth-order valence-corrected chi connectivity index (χ4v) is 2.92. The van der Waals surface area contributed by atoms with Gasteiger partial charge in [0.1, 0.15) is 0 Å². The molecule has 4 heteroatoms. The van der Waals surface area contributed by atoms with Crippen LogP contribution in [-0.4, -0.2) is 65.8 Å². The number of aliphatic hydroxyl groups is 1. The zero-order chi connectivity index (χ0) is 12.3. The summed E-state index contributed by atoms with van der Waals surface area (Å²) < 4.78 is 0. The van der Waals surface area contributed by atoms with Crippen molar-refractivity contribution in [2.75, 3.05) is 32.8 Å². The second-order valence-electron chi connectivity index (χ2n) is 5.51. The second kappa shape index (κ2) is 6.14. The summed E-state index contributed by atoms with van der Waals surface area (Å²) in [6.07, 6.45) is 4.88. The number of nitrogens with zero attached hydrogens (tertiary/aromatic N) is 2. The van der Waals surface area contributed by atoms with Crippen molar-refractivity contribution >= 4 is 0 Å². The zero-order valence-corrected chi connectivity index (χ0v) is 11.0. The van der Waals surface area contributed by atoms with E-state index in [2.05, 4.69) is 16.7 Å². The Hall–Kier alpha value is -0.160. The molecule has 2 fully saturated rings. The quantitative estimate of drug-likeness (QED) is 0.700. The number of hydrogen-bond donors (Lipinski definition) is 2. The molecule has 0 aromatic heterocycles. The van der Waals surface area contributed by atoms with E-state index in [-0.39, 0.29) is 18.7 Å². The minimum absolute atomic E-state index is 0.123. The molecule has 0 aromatic carbocycles. The fourth-order valence-electron chi connectivity index (χ4n) is 2.92. The van der Waals surface area contributed by atoms with Crippen LogP contribution in [0.25, 0.3) is 0 Å². The van der Waals surface area contributed by atoms with Crippen molar-refractivity contribution in [1.29, 1.82) is 0 Å². The predicted molar refractivity (Wildman–Crippen MR) is 69.9 cm³/mol. The van der Waals surface area contributed by atoms with E-state index in [4.69, 9.17) is 5.73 Å². The normalized spacial score (nSPS) is 27.0. The van der Waals surface area contributed by atoms with Crippen LogP contribution in [0.5, 0.6) is 0 Å². The molecular formula is C13H27N3O. The largest absolute Gasteiger partial charge is 0.395 e. The molecule has 3 N–H and O–H groups in total. The van der Waals surface area contributed by atoms with Crippen LogP contribution in [0.2, 0.25) is 0 Å². The highest BCUT2D eigenvalue weighted by atomic mass is 16.3. The van der Waals surface area contributed by atoms with Crippen LogP contribution in [0.15, 0.2) is 0 Å². The average molecular weight is 241 g/mol. The Kier molecular flexibility index (Phi) is 4.79. The van der Waals surface area contributed by atoms with Crippen LogP contribution < -0.4 is 5.73 Å². The third kappa shape index (κ3) is 3.41. The molecule has 1 heterocycles. The van der Waals surface area contributed by atoms with Gasteiger partial charge in [-0.25, -0.2) is 0 Å². The van der Waals surface area contributed by atoms with E-state index in [0.717, 1.165) is 45.1 Å². The first-order chi connectivity index (χ1) is 8.26. The van der Waals surface area contributed by atoms with Gasteiger partial charge in [-0.3, -0.25) is 9.80 Å². The minimum Gasteiger partial charge on any atom is -0.395 e. The van der Waals surface area contributed by atoms with Crippen molar-refractivity contribution in [3.63, 3.8) is 0 Å². The van der Waals surface area contributed by atoms with Gasteiger partial charge in [0.05, 0.1) is 6.61 Å². The maximum atomic E-state index is 9.53. The molecule has 0 amide bonds. The summed E-state index contributed by atoms with van der Waals surface area (Å²) in [5.41, 5.74) is 6.16. The van der Waals surface area contributed by atoms with Gasteiger partial charge in [0.25, 0.3) is 0 Å². The zero-order valence-electron chi connectivity index (χ0n) is 11.0. The van der Waals surface area contributed by atoms with Crippen LogP contribution in [0.1, 0.15) is 32.6 Å². The highest BCUT2D eigenvalue weighted by molar-refractivity contribution is 4.90. The van der Waals surface area contributed by atoms with Crippen LogP contribution in [0.3, 0.4) is 0 Å². The molecule has 2 rings (SSSR count). The Morgan fingerprint density at radius 2 is 1.88 bits per heavy atom. The Morgan fingerprint density at radius 1 is 1.24 bits per heavy atom. The van der Waals surface area contributed by atoms with E-state index in [1.165, 1.54) is 12.8 Å². The van der Waals surface area contributed by atoms with Gasteiger partial charge >= 0.3 is 0 Å². The SMILES string of the molecule is CCCC(N)C(CO)N1CCN(C2CC2)CC1. The van der Waals surface area contributed by atoms with Crippen LogP contribution >= 0.6 is 0 Å². The predicted octanol–water partition coefficient (Wildman–Crippen LogP) is 0.255. The lowest BCUT2D eigenvalue weighted by atomic mass is 10.0. The highest BCUT2D eigenvalue weighted by Crippen LogP contribution is 2.27. The monoisotopic (exact) mass is 241 g/mol. The number of rotatable bonds is 6. The van der Waals surface area contributed by atoms with E-state index in [9.17, 15) is 5.11 Å². The van der Waals surface area contributed by atoms with Crippen LogP contribution in [0.4, 0.5) is 0 Å². The fraction of sp³-hybridized carbons (Fsp3) is 1.00. The van der Waals surface area contributed by atoms with Gasteiger partial charge in [-0.1, -0.05) is 13.3 Å². The molecule has 4 nitrogen and oxygen atoms in total. The number of aliphatic hydroxyl groups excluding tert-OH is 1. The summed E-state index contributed by atoms with van der Waals surface area (Å²) in [5.74, 6) is 0. The van der Waals surface area contributed by atoms with E-state index in [0.29, 0.717) is 0 Å². The molecule has 1 saturated carbocycles. The van der Waals surface area contributed by atoms with Crippen molar-refractivity contribution in [2.24, 2.45) is 5.73 Å². The third-order valence-corrected chi connectivity index (χ3v) is 4.18.